The minimum Gasteiger partial charge on any atom is -0.507 e. The van der Waals surface area contributed by atoms with E-state index in [4.69, 9.17) is 0 Å². The van der Waals surface area contributed by atoms with Crippen molar-refractivity contribution in [2.24, 2.45) is 0 Å². The largest absolute Gasteiger partial charge is 0.507 e. The van der Waals surface area contributed by atoms with E-state index in [1.807, 2.05) is 0 Å². The van der Waals surface area contributed by atoms with Gasteiger partial charge in [-0.25, -0.2) is 0 Å². The molecule has 0 amide bonds. The number of halogens is 3. The van der Waals surface area contributed by atoms with Crippen molar-refractivity contribution in [3.8, 4) is 17.0 Å². The van der Waals surface area contributed by atoms with Crippen molar-refractivity contribution in [3.63, 3.8) is 0 Å². The zero-order valence-electron chi connectivity index (χ0n) is 15.3. The van der Waals surface area contributed by atoms with Gasteiger partial charge in [0.2, 0.25) is 0 Å². The van der Waals surface area contributed by atoms with E-state index in [1.165, 1.54) is 18.5 Å². The van der Waals surface area contributed by atoms with Crippen molar-refractivity contribution >= 4 is 16.6 Å². The summed E-state index contributed by atoms with van der Waals surface area (Å²) in [4.78, 5) is 4.07. The molecule has 0 spiro atoms. The highest BCUT2D eigenvalue weighted by Gasteiger charge is 2.36. The molecule has 0 saturated heterocycles. The topological polar surface area (TPSA) is 91.2 Å². The minimum atomic E-state index is -4.66. The van der Waals surface area contributed by atoms with Gasteiger partial charge in [0.05, 0.1) is 17.2 Å². The molecule has 2 heterocycles. The highest BCUT2D eigenvalue weighted by Crippen LogP contribution is 2.43. The third-order valence-corrected chi connectivity index (χ3v) is 5.15. The van der Waals surface area contributed by atoms with Crippen LogP contribution in [0.15, 0.2) is 36.7 Å². The van der Waals surface area contributed by atoms with E-state index in [1.54, 1.807) is 6.07 Å². The van der Waals surface area contributed by atoms with Crippen molar-refractivity contribution in [2.45, 2.75) is 44.0 Å². The van der Waals surface area contributed by atoms with Crippen LogP contribution in [0.1, 0.15) is 31.2 Å². The Hall–Kier alpha value is -2.94. The summed E-state index contributed by atoms with van der Waals surface area (Å²) in [7, 11) is 0. The molecule has 1 saturated carbocycles. The molecule has 1 aromatic carbocycles. The number of alkyl halides is 3. The maximum absolute atomic E-state index is 13.5. The molecular formula is C20H19F3N4O2. The van der Waals surface area contributed by atoms with Crippen molar-refractivity contribution in [1.29, 1.82) is 0 Å². The van der Waals surface area contributed by atoms with Gasteiger partial charge in [0, 0.05) is 29.2 Å². The molecule has 1 fully saturated rings. The highest BCUT2D eigenvalue weighted by atomic mass is 19.4. The summed E-state index contributed by atoms with van der Waals surface area (Å²) in [6.07, 6.45) is 0.921. The molecule has 0 bridgehead atoms. The molecule has 1 aliphatic carbocycles. The maximum Gasteiger partial charge on any atom is 0.417 e. The molecule has 6 nitrogen and oxygen atoms in total. The second kappa shape index (κ2) is 7.47. The molecule has 9 heteroatoms. The fourth-order valence-electron chi connectivity index (χ4n) is 3.80. The van der Waals surface area contributed by atoms with E-state index < -0.39 is 29.2 Å². The number of phenols is 1. The van der Waals surface area contributed by atoms with Gasteiger partial charge in [-0.15, -0.1) is 10.2 Å². The Labute approximate surface area is 164 Å². The molecule has 0 unspecified atom stereocenters. The number of aliphatic hydroxyl groups is 1. The number of hydrogen-bond donors (Lipinski definition) is 3. The summed E-state index contributed by atoms with van der Waals surface area (Å²) in [5.74, 6) is -0.136. The molecule has 1 aliphatic rings. The molecule has 2 aromatic heterocycles. The highest BCUT2D eigenvalue weighted by molar-refractivity contribution is 6.01. The third-order valence-electron chi connectivity index (χ3n) is 5.15. The number of pyridine rings is 1. The van der Waals surface area contributed by atoms with Gasteiger partial charge in [-0.1, -0.05) is 6.07 Å². The number of aromatic nitrogens is 3. The van der Waals surface area contributed by atoms with E-state index >= 15 is 0 Å². The molecule has 0 radical (unpaired) electrons. The Morgan fingerprint density at radius 2 is 1.90 bits per heavy atom. The number of nitrogens with one attached hydrogen (secondary N) is 1. The average molecular weight is 404 g/mol. The molecular weight excluding hydrogens is 385 g/mol. The van der Waals surface area contributed by atoms with Crippen molar-refractivity contribution < 1.29 is 23.4 Å². The van der Waals surface area contributed by atoms with E-state index in [2.05, 4.69) is 20.5 Å². The Bertz CT molecular complexity index is 1040. The quantitative estimate of drug-likeness (QED) is 0.608. The van der Waals surface area contributed by atoms with Gasteiger partial charge in [-0.3, -0.25) is 4.98 Å². The summed E-state index contributed by atoms with van der Waals surface area (Å²) in [6.45, 7) is 0. The number of hydrogen-bond acceptors (Lipinski definition) is 6. The molecule has 2 atom stereocenters. The lowest BCUT2D eigenvalue weighted by atomic mass is 9.93. The van der Waals surface area contributed by atoms with Crippen LogP contribution < -0.4 is 5.32 Å². The second-order valence-corrected chi connectivity index (χ2v) is 7.18. The van der Waals surface area contributed by atoms with E-state index in [-0.39, 0.29) is 11.7 Å². The first-order chi connectivity index (χ1) is 13.8. The fourth-order valence-corrected chi connectivity index (χ4v) is 3.80. The van der Waals surface area contributed by atoms with E-state index in [9.17, 15) is 23.4 Å². The van der Waals surface area contributed by atoms with Crippen LogP contribution in [0.2, 0.25) is 0 Å². The molecule has 4 rings (SSSR count). The first-order valence-corrected chi connectivity index (χ1v) is 9.29. The van der Waals surface area contributed by atoms with Gasteiger partial charge in [0.15, 0.2) is 5.82 Å². The zero-order valence-corrected chi connectivity index (χ0v) is 15.3. The number of anilines is 1. The number of phenolic OH excluding ortho intramolecular Hbond substituents is 1. The van der Waals surface area contributed by atoms with Crippen LogP contribution in [0.5, 0.6) is 5.75 Å². The van der Waals surface area contributed by atoms with Crippen LogP contribution in [-0.2, 0) is 6.18 Å². The lowest BCUT2D eigenvalue weighted by Gasteiger charge is -2.27. The first kappa shape index (κ1) is 19.4. The SMILES string of the molecule is Oc1cccc(C(F)(F)F)c1-c1nnc(N[C@@H]2CCC[C@@H](O)C2)c2cnccc12. The van der Waals surface area contributed by atoms with Crippen molar-refractivity contribution in [3.05, 3.63) is 42.2 Å². The predicted octanol–water partition coefficient (Wildman–Crippen LogP) is 4.13. The summed E-state index contributed by atoms with van der Waals surface area (Å²) in [5.41, 5.74) is -1.47. The number of fused-ring (bicyclic) bond motifs is 1. The Balaban J connectivity index is 1.83. The van der Waals surface area contributed by atoms with Gasteiger partial charge < -0.3 is 15.5 Å². The lowest BCUT2D eigenvalue weighted by Crippen LogP contribution is -2.30. The van der Waals surface area contributed by atoms with E-state index in [0.29, 0.717) is 23.0 Å². The summed E-state index contributed by atoms with van der Waals surface area (Å²) >= 11 is 0. The molecule has 0 aliphatic heterocycles. The Morgan fingerprint density at radius 3 is 2.66 bits per heavy atom. The van der Waals surface area contributed by atoms with Crippen molar-refractivity contribution in [1.82, 2.24) is 15.2 Å². The Morgan fingerprint density at radius 1 is 1.07 bits per heavy atom. The van der Waals surface area contributed by atoms with E-state index in [0.717, 1.165) is 31.4 Å². The molecule has 3 N–H and O–H groups in total. The summed E-state index contributed by atoms with van der Waals surface area (Å²) < 4.78 is 40.6. The van der Waals surface area contributed by atoms with Crippen LogP contribution in [0.3, 0.4) is 0 Å². The predicted molar refractivity (Wildman–Crippen MR) is 101 cm³/mol. The molecule has 3 aromatic rings. The van der Waals surface area contributed by atoms with Gasteiger partial charge in [-0.05, 0) is 43.9 Å². The molecule has 152 valence electrons. The number of benzene rings is 1. The lowest BCUT2D eigenvalue weighted by molar-refractivity contribution is -0.137. The number of nitrogens with zero attached hydrogens (tertiary/aromatic N) is 3. The number of aliphatic hydroxyl groups excluding tert-OH is 1. The van der Waals surface area contributed by atoms with Crippen LogP contribution in [0, 0.1) is 0 Å². The van der Waals surface area contributed by atoms with Crippen LogP contribution >= 0.6 is 0 Å². The van der Waals surface area contributed by atoms with Crippen LogP contribution in [0.4, 0.5) is 19.0 Å². The monoisotopic (exact) mass is 404 g/mol. The number of aromatic hydroxyl groups is 1. The summed E-state index contributed by atoms with van der Waals surface area (Å²) in [6, 6.07) is 4.77. The fraction of sp³-hybridized carbons (Fsp3) is 0.350. The zero-order chi connectivity index (χ0) is 20.6. The third kappa shape index (κ3) is 3.82. The maximum atomic E-state index is 13.5. The van der Waals surface area contributed by atoms with Gasteiger partial charge in [-0.2, -0.15) is 13.2 Å². The van der Waals surface area contributed by atoms with Crippen molar-refractivity contribution in [2.75, 3.05) is 5.32 Å². The summed E-state index contributed by atoms with van der Waals surface area (Å²) in [5, 5.41) is 32.3. The minimum absolute atomic E-state index is 0.0156. The Kier molecular flexibility index (Phi) is 4.99. The standard InChI is InChI=1S/C20H19F3N4O2/c21-20(22,23)15-5-2-6-16(29)17(15)18-13-7-8-24-10-14(13)19(27-26-18)25-11-3-1-4-12(28)9-11/h2,5-8,10-12,28-29H,1,3-4,9H2,(H,25,27)/t11-,12-/m1/s1. The second-order valence-electron chi connectivity index (χ2n) is 7.18. The van der Waals surface area contributed by atoms with Crippen LogP contribution in [-0.4, -0.2) is 37.5 Å². The smallest absolute Gasteiger partial charge is 0.417 e. The molecule has 29 heavy (non-hydrogen) atoms. The van der Waals surface area contributed by atoms with Crippen LogP contribution in [0.25, 0.3) is 22.0 Å². The van der Waals surface area contributed by atoms with Gasteiger partial charge in [0.25, 0.3) is 0 Å². The average Bonchev–Trinajstić information content (AvgIpc) is 2.68. The first-order valence-electron chi connectivity index (χ1n) is 9.29. The van der Waals surface area contributed by atoms with Gasteiger partial charge >= 0.3 is 6.18 Å². The number of rotatable bonds is 3. The van der Waals surface area contributed by atoms with Gasteiger partial charge in [0.1, 0.15) is 11.4 Å². The normalized spacial score (nSPS) is 20.0.